The Morgan fingerprint density at radius 3 is 2.42 bits per heavy atom. The fourth-order valence-corrected chi connectivity index (χ4v) is 3.92. The van der Waals surface area contributed by atoms with Crippen molar-refractivity contribution in [1.82, 2.24) is 14.5 Å². The fraction of sp³-hybridized carbons (Fsp3) is 0.0741. The number of hydrogen-bond acceptors (Lipinski definition) is 3. The molecule has 0 radical (unpaired) electrons. The number of hydrogen-bond donors (Lipinski definition) is 0. The van der Waals surface area contributed by atoms with Gasteiger partial charge in [0.25, 0.3) is 0 Å². The molecule has 5 rings (SSSR count). The Balaban J connectivity index is 1.57. The summed E-state index contributed by atoms with van der Waals surface area (Å²) in [6.45, 7) is 2.60. The van der Waals surface area contributed by atoms with E-state index in [9.17, 15) is 4.79 Å². The van der Waals surface area contributed by atoms with Crippen LogP contribution in [0.5, 0.6) is 0 Å². The monoisotopic (exact) mass is 403 g/mol. The predicted octanol–water partition coefficient (Wildman–Crippen LogP) is 5.69. The summed E-state index contributed by atoms with van der Waals surface area (Å²) < 4.78 is 1.90. The molecule has 0 saturated heterocycles. The van der Waals surface area contributed by atoms with Gasteiger partial charge in [-0.05, 0) is 47.9 Å². The number of nitrogens with zero attached hydrogens (tertiary/aromatic N) is 3. The van der Waals surface area contributed by atoms with Gasteiger partial charge in [-0.25, -0.2) is 4.98 Å². The molecule has 3 aromatic carbocycles. The van der Waals surface area contributed by atoms with Gasteiger partial charge in [0.05, 0.1) is 18.0 Å². The second-order valence-electron chi connectivity index (χ2n) is 7.63. The van der Waals surface area contributed by atoms with Crippen LogP contribution >= 0.6 is 0 Å². The first-order chi connectivity index (χ1) is 15.2. The van der Waals surface area contributed by atoms with E-state index in [4.69, 9.17) is 0 Å². The normalized spacial score (nSPS) is 11.0. The molecule has 0 amide bonds. The number of carbonyl (C=O) groups excluding carboxylic acids is 1. The number of imidazole rings is 1. The SMILES string of the molecule is Cc1cc(-c2ccccc2)c2cc(C(=O)c3cncn3Cc3ccccc3)ccc2n1. The molecule has 0 aliphatic heterocycles. The van der Waals surface area contributed by atoms with Gasteiger partial charge in [0.1, 0.15) is 5.69 Å². The van der Waals surface area contributed by atoms with E-state index in [0.29, 0.717) is 17.8 Å². The van der Waals surface area contributed by atoms with Crippen molar-refractivity contribution < 1.29 is 4.79 Å². The van der Waals surface area contributed by atoms with E-state index in [1.807, 2.05) is 78.2 Å². The molecule has 4 nitrogen and oxygen atoms in total. The lowest BCUT2D eigenvalue weighted by Gasteiger charge is -2.11. The van der Waals surface area contributed by atoms with Crippen LogP contribution in [-0.4, -0.2) is 20.3 Å². The lowest BCUT2D eigenvalue weighted by atomic mass is 9.97. The summed E-state index contributed by atoms with van der Waals surface area (Å²) in [6.07, 6.45) is 3.35. The molecule has 0 fully saturated rings. The molecule has 0 bridgehead atoms. The quantitative estimate of drug-likeness (QED) is 0.354. The van der Waals surface area contributed by atoms with Gasteiger partial charge in [-0.1, -0.05) is 60.7 Å². The first kappa shape index (κ1) is 18.9. The van der Waals surface area contributed by atoms with Crippen molar-refractivity contribution in [2.75, 3.05) is 0 Å². The first-order valence-electron chi connectivity index (χ1n) is 10.2. The van der Waals surface area contributed by atoms with E-state index in [-0.39, 0.29) is 5.78 Å². The van der Waals surface area contributed by atoms with Crippen LogP contribution in [-0.2, 0) is 6.54 Å². The van der Waals surface area contributed by atoms with Crippen molar-refractivity contribution in [2.24, 2.45) is 0 Å². The topological polar surface area (TPSA) is 47.8 Å². The van der Waals surface area contributed by atoms with Crippen LogP contribution in [0.15, 0.2) is 97.5 Å². The highest BCUT2D eigenvalue weighted by atomic mass is 16.1. The van der Waals surface area contributed by atoms with E-state index in [0.717, 1.165) is 33.3 Å². The molecule has 31 heavy (non-hydrogen) atoms. The third-order valence-electron chi connectivity index (χ3n) is 5.42. The minimum atomic E-state index is -0.0464. The van der Waals surface area contributed by atoms with Crippen molar-refractivity contribution in [2.45, 2.75) is 13.5 Å². The standard InChI is InChI=1S/C27H21N3O/c1-19-14-23(21-10-6-3-7-11-21)24-15-22(12-13-25(24)29-19)27(31)26-16-28-18-30(26)17-20-8-4-2-5-9-20/h2-16,18H,17H2,1H3. The maximum absolute atomic E-state index is 13.4. The molecule has 0 atom stereocenters. The number of fused-ring (bicyclic) bond motifs is 1. The summed E-state index contributed by atoms with van der Waals surface area (Å²) in [5.74, 6) is -0.0464. The van der Waals surface area contributed by atoms with Gasteiger partial charge in [-0.3, -0.25) is 9.78 Å². The van der Waals surface area contributed by atoms with E-state index < -0.39 is 0 Å². The van der Waals surface area contributed by atoms with Gasteiger partial charge in [0.15, 0.2) is 0 Å². The average Bonchev–Trinajstić information content (AvgIpc) is 3.27. The summed E-state index contributed by atoms with van der Waals surface area (Å²) in [7, 11) is 0. The van der Waals surface area contributed by atoms with Crippen LogP contribution in [0.3, 0.4) is 0 Å². The summed E-state index contributed by atoms with van der Waals surface area (Å²) in [4.78, 5) is 22.3. The molecular weight excluding hydrogens is 382 g/mol. The number of aryl methyl sites for hydroxylation is 1. The predicted molar refractivity (Wildman–Crippen MR) is 123 cm³/mol. The largest absolute Gasteiger partial charge is 0.323 e. The van der Waals surface area contributed by atoms with E-state index in [1.54, 1.807) is 12.5 Å². The molecule has 2 heterocycles. The van der Waals surface area contributed by atoms with Gasteiger partial charge in [0, 0.05) is 23.2 Å². The molecular formula is C27H21N3O. The van der Waals surface area contributed by atoms with Crippen molar-refractivity contribution >= 4 is 16.7 Å². The Bertz CT molecular complexity index is 1370. The highest BCUT2D eigenvalue weighted by molar-refractivity contribution is 6.10. The van der Waals surface area contributed by atoms with Crippen molar-refractivity contribution in [3.05, 3.63) is 120 Å². The van der Waals surface area contributed by atoms with Gasteiger partial charge in [0.2, 0.25) is 5.78 Å². The second kappa shape index (κ2) is 8.00. The summed E-state index contributed by atoms with van der Waals surface area (Å²) in [5.41, 5.74) is 6.35. The van der Waals surface area contributed by atoms with Crippen LogP contribution in [0.1, 0.15) is 27.3 Å². The second-order valence-corrected chi connectivity index (χ2v) is 7.63. The van der Waals surface area contributed by atoms with Gasteiger partial charge >= 0.3 is 0 Å². The van der Waals surface area contributed by atoms with Crippen LogP contribution in [0.4, 0.5) is 0 Å². The molecule has 0 aliphatic rings. The van der Waals surface area contributed by atoms with Gasteiger partial charge in [-0.15, -0.1) is 0 Å². The Morgan fingerprint density at radius 1 is 0.903 bits per heavy atom. The molecule has 5 aromatic rings. The van der Waals surface area contributed by atoms with E-state index in [2.05, 4.69) is 28.2 Å². The lowest BCUT2D eigenvalue weighted by molar-refractivity contribution is 0.103. The summed E-state index contributed by atoms with van der Waals surface area (Å²) in [5, 5.41) is 0.969. The van der Waals surface area contributed by atoms with Crippen LogP contribution in [0.2, 0.25) is 0 Å². The van der Waals surface area contributed by atoms with Gasteiger partial charge in [-0.2, -0.15) is 0 Å². The zero-order valence-corrected chi connectivity index (χ0v) is 17.2. The molecule has 0 spiro atoms. The third-order valence-corrected chi connectivity index (χ3v) is 5.42. The van der Waals surface area contributed by atoms with E-state index >= 15 is 0 Å². The highest BCUT2D eigenvalue weighted by Crippen LogP contribution is 2.30. The number of rotatable bonds is 5. The Labute approximate surface area is 180 Å². The summed E-state index contributed by atoms with van der Waals surface area (Å²) in [6, 6.07) is 28.1. The molecule has 0 aliphatic carbocycles. The Hall–Kier alpha value is -4.05. The Kier molecular flexibility index (Phi) is 4.89. The molecule has 2 aromatic heterocycles. The minimum absolute atomic E-state index is 0.0464. The molecule has 150 valence electrons. The Morgan fingerprint density at radius 2 is 1.65 bits per heavy atom. The number of carbonyl (C=O) groups is 1. The molecule has 4 heteroatoms. The molecule has 0 unspecified atom stereocenters. The van der Waals surface area contributed by atoms with Crippen molar-refractivity contribution in [3.63, 3.8) is 0 Å². The maximum Gasteiger partial charge on any atom is 0.211 e. The highest BCUT2D eigenvalue weighted by Gasteiger charge is 2.16. The molecule has 0 saturated carbocycles. The number of pyridine rings is 1. The zero-order valence-electron chi connectivity index (χ0n) is 17.2. The smallest absolute Gasteiger partial charge is 0.211 e. The number of benzene rings is 3. The van der Waals surface area contributed by atoms with E-state index in [1.165, 1.54) is 0 Å². The third kappa shape index (κ3) is 3.76. The summed E-state index contributed by atoms with van der Waals surface area (Å²) >= 11 is 0. The zero-order chi connectivity index (χ0) is 21.2. The van der Waals surface area contributed by atoms with Crippen molar-refractivity contribution in [3.8, 4) is 11.1 Å². The van der Waals surface area contributed by atoms with Crippen LogP contribution in [0, 0.1) is 6.92 Å². The molecule has 0 N–H and O–H groups in total. The minimum Gasteiger partial charge on any atom is -0.323 e. The number of ketones is 1. The van der Waals surface area contributed by atoms with Crippen molar-refractivity contribution in [1.29, 1.82) is 0 Å². The van der Waals surface area contributed by atoms with Crippen LogP contribution < -0.4 is 0 Å². The first-order valence-corrected chi connectivity index (χ1v) is 10.2. The number of aromatic nitrogens is 3. The van der Waals surface area contributed by atoms with Gasteiger partial charge < -0.3 is 4.57 Å². The fourth-order valence-electron chi connectivity index (χ4n) is 3.92. The lowest BCUT2D eigenvalue weighted by Crippen LogP contribution is -2.10. The maximum atomic E-state index is 13.4. The average molecular weight is 403 g/mol. The van der Waals surface area contributed by atoms with Crippen LogP contribution in [0.25, 0.3) is 22.0 Å².